The van der Waals surface area contributed by atoms with E-state index in [0.717, 1.165) is 67.2 Å². The van der Waals surface area contributed by atoms with Gasteiger partial charge in [0.25, 0.3) is 5.91 Å². The number of piperazine rings is 1. The average Bonchev–Trinajstić information content (AvgIpc) is 2.99. The van der Waals surface area contributed by atoms with Crippen molar-refractivity contribution in [2.75, 3.05) is 63.7 Å². The number of ether oxygens (including phenoxy) is 2. The molecule has 1 aromatic heterocycles. The van der Waals surface area contributed by atoms with Crippen molar-refractivity contribution in [1.29, 1.82) is 0 Å². The summed E-state index contributed by atoms with van der Waals surface area (Å²) in [7, 11) is 3.33. The third kappa shape index (κ3) is 6.59. The molecule has 2 heterocycles. The predicted molar refractivity (Wildman–Crippen MR) is 157 cm³/mol. The lowest BCUT2D eigenvalue weighted by molar-refractivity contribution is 0.0953. The van der Waals surface area contributed by atoms with E-state index in [9.17, 15) is 4.79 Å². The van der Waals surface area contributed by atoms with Crippen molar-refractivity contribution in [1.82, 2.24) is 15.2 Å². The van der Waals surface area contributed by atoms with Gasteiger partial charge in [-0.05, 0) is 73.6 Å². The van der Waals surface area contributed by atoms with Crippen molar-refractivity contribution in [3.05, 3.63) is 84.4 Å². The Labute approximate surface area is 229 Å². The number of carbonyl (C=O) groups excluding carboxylic acids is 1. The van der Waals surface area contributed by atoms with Crippen molar-refractivity contribution in [2.45, 2.75) is 6.42 Å². The van der Waals surface area contributed by atoms with Gasteiger partial charge in [-0.1, -0.05) is 18.2 Å². The monoisotopic (exact) mass is 525 g/mol. The average molecular weight is 526 g/mol. The molecule has 0 spiro atoms. The van der Waals surface area contributed by atoms with Crippen LogP contribution in [0.5, 0.6) is 11.5 Å². The third-order valence-electron chi connectivity index (χ3n) is 7.07. The lowest BCUT2D eigenvalue weighted by Crippen LogP contribution is -2.47. The van der Waals surface area contributed by atoms with Gasteiger partial charge in [0, 0.05) is 49.5 Å². The minimum atomic E-state index is -0.0873. The van der Waals surface area contributed by atoms with E-state index in [4.69, 9.17) is 14.5 Å². The smallest absolute Gasteiger partial charge is 0.252 e. The number of nitrogens with zero attached hydrogens (tertiary/aromatic N) is 3. The second-order valence-electron chi connectivity index (χ2n) is 9.56. The normalized spacial score (nSPS) is 13.7. The molecule has 1 fully saturated rings. The zero-order valence-corrected chi connectivity index (χ0v) is 22.5. The summed E-state index contributed by atoms with van der Waals surface area (Å²) in [6.45, 7) is 5.58. The van der Waals surface area contributed by atoms with Crippen LogP contribution in [-0.4, -0.2) is 69.3 Å². The first-order valence-electron chi connectivity index (χ1n) is 13.3. The van der Waals surface area contributed by atoms with Crippen LogP contribution in [0.15, 0.2) is 78.9 Å². The molecule has 2 N–H and O–H groups in total. The molecule has 0 radical (unpaired) electrons. The molecule has 0 unspecified atom stereocenters. The number of nitrogens with one attached hydrogen (secondary N) is 2. The number of amides is 1. The molecule has 8 heteroatoms. The zero-order chi connectivity index (χ0) is 27.0. The van der Waals surface area contributed by atoms with Crippen LogP contribution in [0.25, 0.3) is 10.9 Å². The Morgan fingerprint density at radius 2 is 1.54 bits per heavy atom. The Hall–Kier alpha value is -4.30. The Morgan fingerprint density at radius 3 is 2.23 bits per heavy atom. The number of para-hydroxylation sites is 1. The molecule has 3 aromatic carbocycles. The topological polar surface area (TPSA) is 79.0 Å². The highest BCUT2D eigenvalue weighted by Gasteiger charge is 2.17. The molecule has 1 aliphatic heterocycles. The number of fused-ring (bicyclic) bond motifs is 1. The van der Waals surface area contributed by atoms with Crippen LogP contribution >= 0.6 is 0 Å². The minimum absolute atomic E-state index is 0.0873. The van der Waals surface area contributed by atoms with Gasteiger partial charge >= 0.3 is 0 Å². The summed E-state index contributed by atoms with van der Waals surface area (Å²) >= 11 is 0. The molecule has 1 saturated heterocycles. The van der Waals surface area contributed by atoms with Crippen molar-refractivity contribution in [2.24, 2.45) is 0 Å². The van der Waals surface area contributed by atoms with E-state index in [0.29, 0.717) is 17.9 Å². The van der Waals surface area contributed by atoms with E-state index < -0.39 is 0 Å². The Kier molecular flexibility index (Phi) is 8.43. The number of benzene rings is 3. The van der Waals surface area contributed by atoms with Crippen LogP contribution in [0, 0.1) is 0 Å². The van der Waals surface area contributed by atoms with Gasteiger partial charge in [-0.3, -0.25) is 9.69 Å². The summed E-state index contributed by atoms with van der Waals surface area (Å²) in [4.78, 5) is 22.8. The fourth-order valence-corrected chi connectivity index (χ4v) is 4.87. The highest BCUT2D eigenvalue weighted by Crippen LogP contribution is 2.25. The summed E-state index contributed by atoms with van der Waals surface area (Å²) in [5.74, 6) is 2.20. The van der Waals surface area contributed by atoms with Crippen LogP contribution in [0.2, 0.25) is 0 Å². The summed E-state index contributed by atoms with van der Waals surface area (Å²) in [5.41, 5.74) is 3.49. The van der Waals surface area contributed by atoms with Crippen molar-refractivity contribution in [3.8, 4) is 11.5 Å². The first kappa shape index (κ1) is 26.3. The molecule has 39 heavy (non-hydrogen) atoms. The van der Waals surface area contributed by atoms with E-state index >= 15 is 0 Å². The Bertz CT molecular complexity index is 1380. The molecule has 5 rings (SSSR count). The number of rotatable bonds is 10. The maximum atomic E-state index is 13.2. The second kappa shape index (κ2) is 12.5. The minimum Gasteiger partial charge on any atom is -0.497 e. The van der Waals surface area contributed by atoms with Gasteiger partial charge < -0.3 is 25.0 Å². The third-order valence-corrected chi connectivity index (χ3v) is 7.07. The molecular formula is C31H35N5O3. The SMILES string of the molecule is COc1ccc(Nc2cc(C(=O)NCCCN3CCN(c4ccc(OC)cc4)CC3)c3ccccc3n2)cc1. The number of methoxy groups -OCH3 is 2. The van der Waals surface area contributed by atoms with Gasteiger partial charge in [-0.15, -0.1) is 0 Å². The quantitative estimate of drug-likeness (QED) is 0.284. The highest BCUT2D eigenvalue weighted by molar-refractivity contribution is 6.07. The predicted octanol–water partition coefficient (Wildman–Crippen LogP) is 4.94. The molecule has 0 bridgehead atoms. The molecule has 0 saturated carbocycles. The zero-order valence-electron chi connectivity index (χ0n) is 22.5. The van der Waals surface area contributed by atoms with Crippen LogP contribution in [0.4, 0.5) is 17.2 Å². The van der Waals surface area contributed by atoms with Gasteiger partial charge in [0.2, 0.25) is 0 Å². The summed E-state index contributed by atoms with van der Waals surface area (Å²) in [6, 6.07) is 25.4. The lowest BCUT2D eigenvalue weighted by atomic mass is 10.1. The standard InChI is InChI=1S/C31H35N5O3/c1-38-25-12-8-23(9-13-25)33-30-22-28(27-6-3-4-7-29(27)34-30)31(37)32-16-5-17-35-18-20-36(21-19-35)24-10-14-26(39-2)15-11-24/h3-4,6-15,22H,5,16-21H2,1-2H3,(H,32,37)(H,33,34). The van der Waals surface area contributed by atoms with Gasteiger partial charge in [0.05, 0.1) is 25.3 Å². The highest BCUT2D eigenvalue weighted by atomic mass is 16.5. The molecular weight excluding hydrogens is 490 g/mol. The molecule has 4 aromatic rings. The maximum absolute atomic E-state index is 13.2. The number of carbonyl (C=O) groups is 1. The summed E-state index contributed by atoms with van der Waals surface area (Å²) in [5, 5.41) is 7.27. The van der Waals surface area contributed by atoms with E-state index in [1.807, 2.05) is 66.7 Å². The van der Waals surface area contributed by atoms with Gasteiger partial charge in [-0.2, -0.15) is 0 Å². The second-order valence-corrected chi connectivity index (χ2v) is 9.56. The first-order chi connectivity index (χ1) is 19.1. The number of pyridine rings is 1. The number of hydrogen-bond donors (Lipinski definition) is 2. The van der Waals surface area contributed by atoms with Crippen LogP contribution in [0.3, 0.4) is 0 Å². The summed E-state index contributed by atoms with van der Waals surface area (Å²) in [6.07, 6.45) is 0.897. The van der Waals surface area contributed by atoms with Gasteiger partial charge in [0.1, 0.15) is 17.3 Å². The number of aromatic nitrogens is 1. The maximum Gasteiger partial charge on any atom is 0.252 e. The van der Waals surface area contributed by atoms with Gasteiger partial charge in [-0.25, -0.2) is 4.98 Å². The number of hydrogen-bond acceptors (Lipinski definition) is 7. The van der Waals surface area contributed by atoms with Crippen molar-refractivity contribution < 1.29 is 14.3 Å². The molecule has 8 nitrogen and oxygen atoms in total. The molecule has 1 amide bonds. The van der Waals surface area contributed by atoms with Crippen LogP contribution < -0.4 is 25.0 Å². The van der Waals surface area contributed by atoms with Crippen LogP contribution in [-0.2, 0) is 0 Å². The van der Waals surface area contributed by atoms with Gasteiger partial charge in [0.15, 0.2) is 0 Å². The molecule has 1 aliphatic rings. The van der Waals surface area contributed by atoms with E-state index in [2.05, 4.69) is 32.6 Å². The van der Waals surface area contributed by atoms with Crippen molar-refractivity contribution in [3.63, 3.8) is 0 Å². The van der Waals surface area contributed by atoms with Crippen LogP contribution in [0.1, 0.15) is 16.8 Å². The largest absolute Gasteiger partial charge is 0.497 e. The molecule has 0 atom stereocenters. The summed E-state index contributed by atoms with van der Waals surface area (Å²) < 4.78 is 10.5. The lowest BCUT2D eigenvalue weighted by Gasteiger charge is -2.36. The van der Waals surface area contributed by atoms with Crippen molar-refractivity contribution >= 4 is 34.0 Å². The van der Waals surface area contributed by atoms with E-state index in [1.54, 1.807) is 14.2 Å². The van der Waals surface area contributed by atoms with E-state index in [-0.39, 0.29) is 5.91 Å². The number of anilines is 3. The Morgan fingerprint density at radius 1 is 0.872 bits per heavy atom. The molecule has 0 aliphatic carbocycles. The Balaban J connectivity index is 1.14. The fraction of sp³-hybridized carbons (Fsp3) is 0.290. The fourth-order valence-electron chi connectivity index (χ4n) is 4.87. The first-order valence-corrected chi connectivity index (χ1v) is 13.3. The molecule has 202 valence electrons. The van der Waals surface area contributed by atoms with E-state index in [1.165, 1.54) is 5.69 Å².